The molecule has 1 heterocycles. The number of carbonyl (C=O) groups excluding carboxylic acids is 2. The van der Waals surface area contributed by atoms with Crippen LogP contribution in [0, 0.1) is 0 Å². The van der Waals surface area contributed by atoms with Gasteiger partial charge in [0.05, 0.1) is 6.61 Å². The molecule has 11 nitrogen and oxygen atoms in total. The zero-order valence-electron chi connectivity index (χ0n) is 44.3. The minimum atomic E-state index is -1.86. The van der Waals surface area contributed by atoms with Crippen LogP contribution in [0.4, 0.5) is 0 Å². The number of aliphatic carboxylic acids is 1. The van der Waals surface area contributed by atoms with Gasteiger partial charge in [0.15, 0.2) is 18.5 Å². The standard InChI is InChI=1S/C58H106O11/c1-3-5-7-9-11-13-15-17-19-21-23-25-27-29-31-33-35-37-39-41-43-45-47-52(60)68-50(49-67-58-55(63)53(61)54(62)56(69-58)57(64)65)48-66-51(59)46-44-42-40-38-36-34-32-30-28-26-24-22-20-18-16-14-12-10-8-6-4-2/h16,18,22,24,50,53-56,58,61-63H,3-15,17,19-21,23,25-49H2,1-2H3,(H,64,65)/b18-16-,24-22-. The molecule has 0 aromatic heterocycles. The van der Waals surface area contributed by atoms with Gasteiger partial charge < -0.3 is 39.4 Å². The smallest absolute Gasteiger partial charge is 0.335 e. The minimum absolute atomic E-state index is 0.187. The molecule has 0 aromatic carbocycles. The third-order valence-corrected chi connectivity index (χ3v) is 13.6. The second kappa shape index (κ2) is 48.0. The van der Waals surface area contributed by atoms with E-state index in [0.717, 1.165) is 51.4 Å². The van der Waals surface area contributed by atoms with Crippen LogP contribution in [-0.2, 0) is 33.3 Å². The topological polar surface area (TPSA) is 169 Å². The van der Waals surface area contributed by atoms with Crippen molar-refractivity contribution in [3.8, 4) is 0 Å². The maximum absolute atomic E-state index is 12.9. The Morgan fingerprint density at radius 2 is 0.812 bits per heavy atom. The summed E-state index contributed by atoms with van der Waals surface area (Å²) in [5, 5.41) is 40.0. The highest BCUT2D eigenvalue weighted by Crippen LogP contribution is 2.23. The Morgan fingerprint density at radius 3 is 1.20 bits per heavy atom. The van der Waals surface area contributed by atoms with Gasteiger partial charge in [0, 0.05) is 12.8 Å². The summed E-state index contributed by atoms with van der Waals surface area (Å²) in [6.45, 7) is 3.86. The van der Waals surface area contributed by atoms with Crippen molar-refractivity contribution in [3.05, 3.63) is 24.3 Å². The lowest BCUT2D eigenvalue weighted by Crippen LogP contribution is -2.60. The number of ether oxygens (including phenoxy) is 4. The number of esters is 2. The van der Waals surface area contributed by atoms with Crippen LogP contribution in [0.2, 0.25) is 0 Å². The summed E-state index contributed by atoms with van der Waals surface area (Å²) in [7, 11) is 0. The quantitative estimate of drug-likeness (QED) is 0.0260. The lowest BCUT2D eigenvalue weighted by atomic mass is 9.99. The number of rotatable bonds is 50. The highest BCUT2D eigenvalue weighted by molar-refractivity contribution is 5.73. The van der Waals surface area contributed by atoms with Crippen molar-refractivity contribution in [2.75, 3.05) is 13.2 Å². The Bertz CT molecular complexity index is 1240. The molecule has 1 saturated heterocycles. The number of hydrogen-bond donors (Lipinski definition) is 4. The van der Waals surface area contributed by atoms with Gasteiger partial charge in [-0.3, -0.25) is 9.59 Å². The van der Waals surface area contributed by atoms with Gasteiger partial charge in [0.1, 0.15) is 24.9 Å². The van der Waals surface area contributed by atoms with Crippen molar-refractivity contribution in [2.24, 2.45) is 0 Å². The van der Waals surface area contributed by atoms with Crippen molar-refractivity contribution in [1.29, 1.82) is 0 Å². The molecule has 6 atom stereocenters. The first-order valence-corrected chi connectivity index (χ1v) is 28.9. The van der Waals surface area contributed by atoms with Crippen LogP contribution in [0.5, 0.6) is 0 Å². The van der Waals surface area contributed by atoms with Crippen LogP contribution in [0.25, 0.3) is 0 Å². The Labute approximate surface area is 421 Å². The zero-order chi connectivity index (χ0) is 50.3. The normalized spacial score (nSPS) is 18.9. The van der Waals surface area contributed by atoms with E-state index in [9.17, 15) is 34.8 Å². The van der Waals surface area contributed by atoms with Gasteiger partial charge in [0.2, 0.25) is 0 Å². The van der Waals surface area contributed by atoms with Gasteiger partial charge in [-0.2, -0.15) is 0 Å². The van der Waals surface area contributed by atoms with Gasteiger partial charge >= 0.3 is 17.9 Å². The second-order valence-electron chi connectivity index (χ2n) is 20.1. The van der Waals surface area contributed by atoms with Gasteiger partial charge in [0.25, 0.3) is 0 Å². The molecule has 1 aliphatic heterocycles. The van der Waals surface area contributed by atoms with E-state index >= 15 is 0 Å². The Morgan fingerprint density at radius 1 is 0.449 bits per heavy atom. The number of aliphatic hydroxyl groups excluding tert-OH is 3. The van der Waals surface area contributed by atoms with E-state index in [4.69, 9.17) is 18.9 Å². The van der Waals surface area contributed by atoms with E-state index < -0.39 is 54.7 Å². The number of hydrogen-bond acceptors (Lipinski definition) is 10. The van der Waals surface area contributed by atoms with Crippen LogP contribution in [0.1, 0.15) is 277 Å². The fourth-order valence-electron chi connectivity index (χ4n) is 9.03. The van der Waals surface area contributed by atoms with Crippen molar-refractivity contribution in [1.82, 2.24) is 0 Å². The SMILES string of the molecule is CCCCCCC/C=C\C/C=C\CCCCCCCCCCCC(=O)OCC(COC1OC(C(=O)O)C(O)C(O)C1O)OC(=O)CCCCCCCCCCCCCCCCCCCCCCCC. The summed E-state index contributed by atoms with van der Waals surface area (Å²) in [6, 6.07) is 0. The fraction of sp³-hybridized carbons (Fsp3) is 0.879. The Hall–Kier alpha value is -2.31. The molecule has 1 fully saturated rings. The van der Waals surface area contributed by atoms with Gasteiger partial charge in [-0.25, -0.2) is 4.79 Å². The molecule has 0 aliphatic carbocycles. The highest BCUT2D eigenvalue weighted by atomic mass is 16.7. The summed E-state index contributed by atoms with van der Waals surface area (Å²) in [6.07, 6.45) is 48.0. The fourth-order valence-corrected chi connectivity index (χ4v) is 9.03. The third-order valence-electron chi connectivity index (χ3n) is 13.6. The van der Waals surface area contributed by atoms with Crippen LogP contribution >= 0.6 is 0 Å². The molecule has 0 amide bonds. The minimum Gasteiger partial charge on any atom is -0.479 e. The van der Waals surface area contributed by atoms with Crippen LogP contribution in [0.3, 0.4) is 0 Å². The van der Waals surface area contributed by atoms with Gasteiger partial charge in [-0.15, -0.1) is 0 Å². The lowest BCUT2D eigenvalue weighted by Gasteiger charge is -2.38. The largest absolute Gasteiger partial charge is 0.479 e. The monoisotopic (exact) mass is 979 g/mol. The number of aliphatic hydroxyl groups is 3. The van der Waals surface area contributed by atoms with E-state index in [1.54, 1.807) is 0 Å². The number of carboxylic acids is 1. The molecule has 69 heavy (non-hydrogen) atoms. The average molecular weight is 979 g/mol. The average Bonchev–Trinajstić information content (AvgIpc) is 3.34. The molecule has 4 N–H and O–H groups in total. The molecular formula is C58H106O11. The van der Waals surface area contributed by atoms with Crippen molar-refractivity contribution in [3.63, 3.8) is 0 Å². The summed E-state index contributed by atoms with van der Waals surface area (Å²) in [4.78, 5) is 37.1. The summed E-state index contributed by atoms with van der Waals surface area (Å²) < 4.78 is 21.9. The lowest BCUT2D eigenvalue weighted by molar-refractivity contribution is -0.298. The molecule has 6 unspecified atom stereocenters. The maximum atomic E-state index is 12.9. The predicted molar refractivity (Wildman–Crippen MR) is 280 cm³/mol. The van der Waals surface area contributed by atoms with Crippen LogP contribution in [-0.4, -0.2) is 88.4 Å². The molecule has 1 aliphatic rings. The van der Waals surface area contributed by atoms with Crippen molar-refractivity contribution in [2.45, 2.75) is 314 Å². The second-order valence-corrected chi connectivity index (χ2v) is 20.1. The summed E-state index contributed by atoms with van der Waals surface area (Å²) in [5.41, 5.74) is 0. The third kappa shape index (κ3) is 39.0. The number of carbonyl (C=O) groups is 3. The van der Waals surface area contributed by atoms with E-state index in [2.05, 4.69) is 38.2 Å². The van der Waals surface area contributed by atoms with E-state index in [1.165, 1.54) is 186 Å². The highest BCUT2D eigenvalue weighted by Gasteiger charge is 2.47. The molecule has 1 rings (SSSR count). The Kier molecular flexibility index (Phi) is 45.0. The Balaban J connectivity index is 2.23. The molecular weight excluding hydrogens is 873 g/mol. The molecule has 11 heteroatoms. The van der Waals surface area contributed by atoms with Gasteiger partial charge in [-0.1, -0.05) is 244 Å². The van der Waals surface area contributed by atoms with Crippen molar-refractivity contribution >= 4 is 17.9 Å². The first kappa shape index (κ1) is 64.7. The molecule has 0 bridgehead atoms. The van der Waals surface area contributed by atoms with E-state index in [0.29, 0.717) is 12.8 Å². The first-order valence-electron chi connectivity index (χ1n) is 28.9. The number of carboxylic acid groups (broad SMARTS) is 1. The number of allylic oxidation sites excluding steroid dienone is 4. The molecule has 404 valence electrons. The molecule has 0 spiro atoms. The summed E-state index contributed by atoms with van der Waals surface area (Å²) >= 11 is 0. The van der Waals surface area contributed by atoms with E-state index in [-0.39, 0.29) is 26.1 Å². The first-order chi connectivity index (χ1) is 33.7. The molecule has 0 saturated carbocycles. The van der Waals surface area contributed by atoms with Crippen LogP contribution < -0.4 is 0 Å². The predicted octanol–water partition coefficient (Wildman–Crippen LogP) is 14.5. The van der Waals surface area contributed by atoms with E-state index in [1.807, 2.05) is 0 Å². The maximum Gasteiger partial charge on any atom is 0.335 e. The number of unbranched alkanes of at least 4 members (excludes halogenated alkanes) is 35. The molecule has 0 radical (unpaired) electrons. The zero-order valence-corrected chi connectivity index (χ0v) is 44.3. The molecule has 0 aromatic rings. The van der Waals surface area contributed by atoms with Gasteiger partial charge in [-0.05, 0) is 44.9 Å². The summed E-state index contributed by atoms with van der Waals surface area (Å²) in [5.74, 6) is -2.43. The van der Waals surface area contributed by atoms with Crippen molar-refractivity contribution < 1.29 is 53.8 Å². The van der Waals surface area contributed by atoms with Crippen LogP contribution in [0.15, 0.2) is 24.3 Å².